The van der Waals surface area contributed by atoms with Crippen LogP contribution < -0.4 is 5.49 Å². The Bertz CT molecular complexity index is 1530. The molecule has 0 radical (unpaired) electrons. The molecule has 5 aromatic rings. The van der Waals surface area contributed by atoms with Gasteiger partial charge in [0.2, 0.25) is 6.41 Å². The van der Waals surface area contributed by atoms with Crippen molar-refractivity contribution in [1.82, 2.24) is 29.9 Å². The lowest BCUT2D eigenvalue weighted by atomic mass is 9.98. The van der Waals surface area contributed by atoms with Crippen molar-refractivity contribution >= 4 is 18.0 Å². The minimum atomic E-state index is 0.386. The predicted molar refractivity (Wildman–Crippen MR) is 135 cm³/mol. The third-order valence-corrected chi connectivity index (χ3v) is 5.69. The number of nitrogens with zero attached hydrogens (tertiary/aromatic N) is 7. The highest BCUT2D eigenvalue weighted by Crippen LogP contribution is 2.29. The highest BCUT2D eigenvalue weighted by molar-refractivity contribution is 6.30. The molecule has 1 aromatic carbocycles. The van der Waals surface area contributed by atoms with Crippen molar-refractivity contribution in [1.29, 1.82) is 0 Å². The average molecular weight is 498 g/mol. The maximum atomic E-state index is 12.0. The molecular formula is C26H20ClN7O2. The van der Waals surface area contributed by atoms with E-state index in [9.17, 15) is 4.79 Å². The van der Waals surface area contributed by atoms with Crippen molar-refractivity contribution in [2.45, 2.75) is 6.54 Å². The van der Waals surface area contributed by atoms with Crippen LogP contribution in [0.25, 0.3) is 33.7 Å². The monoisotopic (exact) mass is 497 g/mol. The van der Waals surface area contributed by atoms with Crippen LogP contribution in [0.2, 0.25) is 5.02 Å². The van der Waals surface area contributed by atoms with Gasteiger partial charge in [-0.3, -0.25) is 19.8 Å². The Morgan fingerprint density at radius 1 is 1.00 bits per heavy atom. The number of hydrogen-bond donors (Lipinski definition) is 0. The number of rotatable bonds is 7. The second kappa shape index (κ2) is 10.3. The first-order valence-corrected chi connectivity index (χ1v) is 11.4. The molecule has 4 aromatic heterocycles. The molecule has 9 nitrogen and oxygen atoms in total. The van der Waals surface area contributed by atoms with Crippen LogP contribution >= 0.6 is 11.6 Å². The zero-order valence-corrected chi connectivity index (χ0v) is 19.9. The van der Waals surface area contributed by atoms with Crippen molar-refractivity contribution in [2.24, 2.45) is 5.10 Å². The van der Waals surface area contributed by atoms with E-state index in [1.165, 1.54) is 4.68 Å². The van der Waals surface area contributed by atoms with Crippen LogP contribution in [0, 0.1) is 0 Å². The highest BCUT2D eigenvalue weighted by Gasteiger charge is 2.15. The first-order chi connectivity index (χ1) is 17.6. The second-order valence-electron chi connectivity index (χ2n) is 7.89. The molecule has 0 saturated heterocycles. The van der Waals surface area contributed by atoms with Crippen molar-refractivity contribution in [2.75, 3.05) is 7.05 Å². The van der Waals surface area contributed by atoms with Gasteiger partial charge in [0.25, 0.3) is 0 Å². The molecule has 5 rings (SSSR count). The van der Waals surface area contributed by atoms with Crippen molar-refractivity contribution < 1.29 is 9.32 Å². The van der Waals surface area contributed by atoms with E-state index < -0.39 is 0 Å². The molecule has 36 heavy (non-hydrogen) atoms. The number of carbonyl (C=O) groups excluding carboxylic acids is 1. The lowest BCUT2D eigenvalue weighted by Crippen LogP contribution is -2.29. The third-order valence-electron chi connectivity index (χ3n) is 5.44. The van der Waals surface area contributed by atoms with Crippen LogP contribution in [-0.4, -0.2) is 43.4 Å². The van der Waals surface area contributed by atoms with Crippen LogP contribution in [0.3, 0.4) is 0 Å². The molecule has 0 saturated carbocycles. The SMILES string of the molecule is CN(Cc1ccc(-c2ccno2)nc1)/N=c1/c(-c2ccncc2)c(-c2ccc(Cl)cc2)cnn1C=O. The first-order valence-electron chi connectivity index (χ1n) is 11.0. The van der Waals surface area contributed by atoms with Crippen molar-refractivity contribution in [3.63, 3.8) is 0 Å². The standard InChI is InChI=1S/C26H20ClN7O2/c1-33(16-18-2-7-23(29-14-18)24-10-13-31-36-24)32-26-25(20-8-11-28-12-9-20)22(15-30-34(26)17-35)19-3-5-21(27)6-4-19/h2-15,17H,16H2,1H3/b32-26-. The Kier molecular flexibility index (Phi) is 6.63. The molecule has 0 unspecified atom stereocenters. The molecule has 0 bridgehead atoms. The maximum absolute atomic E-state index is 12.0. The molecule has 178 valence electrons. The molecule has 0 aliphatic rings. The molecule has 0 aliphatic carbocycles. The van der Waals surface area contributed by atoms with Gasteiger partial charge in [0.15, 0.2) is 11.2 Å². The largest absolute Gasteiger partial charge is 0.355 e. The summed E-state index contributed by atoms with van der Waals surface area (Å²) in [4.78, 5) is 20.5. The molecule has 0 atom stereocenters. The van der Waals surface area contributed by atoms with Crippen LogP contribution in [-0.2, 0) is 11.3 Å². The minimum absolute atomic E-state index is 0.386. The Balaban J connectivity index is 1.58. The van der Waals surface area contributed by atoms with E-state index in [1.54, 1.807) is 42.1 Å². The fraction of sp³-hybridized carbons (Fsp3) is 0.0769. The number of pyridine rings is 2. The van der Waals surface area contributed by atoms with Gasteiger partial charge in [0.05, 0.1) is 18.9 Å². The quantitative estimate of drug-likeness (QED) is 0.244. The number of carbonyl (C=O) groups is 1. The van der Waals surface area contributed by atoms with Crippen LogP contribution in [0.4, 0.5) is 0 Å². The summed E-state index contributed by atoms with van der Waals surface area (Å²) in [6.07, 6.45) is 9.01. The van der Waals surface area contributed by atoms with E-state index in [-0.39, 0.29) is 0 Å². The van der Waals surface area contributed by atoms with E-state index >= 15 is 0 Å². The van der Waals surface area contributed by atoms with Crippen molar-refractivity contribution in [3.8, 4) is 33.7 Å². The highest BCUT2D eigenvalue weighted by atomic mass is 35.5. The summed E-state index contributed by atoms with van der Waals surface area (Å²) in [7, 11) is 1.82. The van der Waals surface area contributed by atoms with Gasteiger partial charge in [0, 0.05) is 47.9 Å². The molecule has 0 spiro atoms. The van der Waals surface area contributed by atoms with Gasteiger partial charge in [-0.1, -0.05) is 35.0 Å². The summed E-state index contributed by atoms with van der Waals surface area (Å²) >= 11 is 6.11. The van der Waals surface area contributed by atoms with Gasteiger partial charge in [-0.15, -0.1) is 0 Å². The van der Waals surface area contributed by atoms with Gasteiger partial charge in [-0.2, -0.15) is 14.9 Å². The lowest BCUT2D eigenvalue weighted by molar-refractivity contribution is 0.328. The summed E-state index contributed by atoms with van der Waals surface area (Å²) in [5.41, 5.74) is 5.29. The number of halogens is 1. The van der Waals surface area contributed by atoms with Gasteiger partial charge in [-0.05, 0) is 47.0 Å². The zero-order valence-electron chi connectivity index (χ0n) is 19.2. The third kappa shape index (κ3) is 4.91. The van der Waals surface area contributed by atoms with E-state index in [0.29, 0.717) is 34.9 Å². The van der Waals surface area contributed by atoms with Gasteiger partial charge in [0.1, 0.15) is 5.69 Å². The summed E-state index contributed by atoms with van der Waals surface area (Å²) < 4.78 is 6.38. The van der Waals surface area contributed by atoms with Crippen LogP contribution in [0.15, 0.2) is 95.2 Å². The van der Waals surface area contributed by atoms with Crippen LogP contribution in [0.5, 0.6) is 0 Å². The normalized spacial score (nSPS) is 11.4. The summed E-state index contributed by atoms with van der Waals surface area (Å²) in [6.45, 7) is 0.448. The smallest absolute Gasteiger partial charge is 0.236 e. The van der Waals surface area contributed by atoms with Crippen LogP contribution in [0.1, 0.15) is 5.56 Å². The fourth-order valence-electron chi connectivity index (χ4n) is 3.77. The van der Waals surface area contributed by atoms with Gasteiger partial charge < -0.3 is 4.52 Å². The minimum Gasteiger partial charge on any atom is -0.355 e. The molecule has 4 heterocycles. The summed E-state index contributed by atoms with van der Waals surface area (Å²) in [6, 6.07) is 16.7. The maximum Gasteiger partial charge on any atom is 0.236 e. The van der Waals surface area contributed by atoms with Gasteiger partial charge in [-0.25, -0.2) is 0 Å². The topological polar surface area (TPSA) is 102 Å². The Labute approximate surface area is 211 Å². The molecule has 0 N–H and O–H groups in total. The lowest BCUT2D eigenvalue weighted by Gasteiger charge is -2.16. The molecular weight excluding hydrogens is 478 g/mol. The van der Waals surface area contributed by atoms with Gasteiger partial charge >= 0.3 is 0 Å². The van der Waals surface area contributed by atoms with E-state index in [0.717, 1.165) is 27.8 Å². The second-order valence-corrected chi connectivity index (χ2v) is 8.33. The Morgan fingerprint density at radius 2 is 1.81 bits per heavy atom. The first kappa shape index (κ1) is 23.1. The van der Waals surface area contributed by atoms with E-state index in [1.807, 2.05) is 55.6 Å². The predicted octanol–water partition coefficient (Wildman–Crippen LogP) is 4.30. The molecule has 0 fully saturated rings. The molecule has 0 aliphatic heterocycles. The molecule has 10 heteroatoms. The molecule has 0 amide bonds. The number of hydrogen-bond acceptors (Lipinski definition) is 8. The zero-order chi connectivity index (χ0) is 24.9. The fourth-order valence-corrected chi connectivity index (χ4v) is 3.90. The number of aromatic nitrogens is 5. The summed E-state index contributed by atoms with van der Waals surface area (Å²) in [5, 5.41) is 15.2. The van der Waals surface area contributed by atoms with Crippen molar-refractivity contribution in [3.05, 3.63) is 102 Å². The average Bonchev–Trinajstić information content (AvgIpc) is 3.45. The Hall–Kier alpha value is -4.63. The Morgan fingerprint density at radius 3 is 2.47 bits per heavy atom. The van der Waals surface area contributed by atoms with E-state index in [2.05, 4.69) is 20.2 Å². The summed E-state index contributed by atoms with van der Waals surface area (Å²) in [5.74, 6) is 0.596. The van der Waals surface area contributed by atoms with E-state index in [4.69, 9.17) is 21.2 Å². The number of benzene rings is 1.